The molecule has 2 aromatic rings. The molecular weight excluding hydrogens is 262 g/mol. The van der Waals surface area contributed by atoms with Gasteiger partial charge >= 0.3 is 0 Å². The second kappa shape index (κ2) is 6.27. The molecule has 106 valence electrons. The summed E-state index contributed by atoms with van der Waals surface area (Å²) in [5.41, 5.74) is 0.256. The third-order valence-electron chi connectivity index (χ3n) is 2.79. The molecule has 0 aliphatic rings. The van der Waals surface area contributed by atoms with E-state index >= 15 is 0 Å². The number of para-hydroxylation sites is 1. The van der Waals surface area contributed by atoms with Gasteiger partial charge in [0.1, 0.15) is 5.82 Å². The van der Waals surface area contributed by atoms with Crippen molar-refractivity contribution in [2.24, 2.45) is 0 Å². The van der Waals surface area contributed by atoms with E-state index in [9.17, 15) is 8.78 Å². The Hall–Kier alpha value is -2.24. The Labute approximate surface area is 116 Å². The number of nitrogens with zero attached hydrogens (tertiary/aromatic N) is 3. The maximum absolute atomic E-state index is 13.8. The van der Waals surface area contributed by atoms with Gasteiger partial charge in [-0.3, -0.25) is 0 Å². The zero-order chi connectivity index (χ0) is 14.5. The van der Waals surface area contributed by atoms with Crippen LogP contribution in [0.3, 0.4) is 0 Å². The minimum atomic E-state index is -0.599. The molecule has 4 nitrogen and oxygen atoms in total. The van der Waals surface area contributed by atoms with Gasteiger partial charge in [-0.05, 0) is 18.6 Å². The summed E-state index contributed by atoms with van der Waals surface area (Å²) in [4.78, 5) is 9.31. The number of nitrogens with one attached hydrogen (secondary N) is 1. The summed E-state index contributed by atoms with van der Waals surface area (Å²) in [6.07, 6.45) is 1.98. The van der Waals surface area contributed by atoms with E-state index in [2.05, 4.69) is 15.3 Å². The Morgan fingerprint density at radius 2 is 1.95 bits per heavy atom. The van der Waals surface area contributed by atoms with Gasteiger partial charge in [-0.2, -0.15) is 4.98 Å². The van der Waals surface area contributed by atoms with Crippen molar-refractivity contribution in [2.45, 2.75) is 13.3 Å². The van der Waals surface area contributed by atoms with Crippen LogP contribution in [0.4, 0.5) is 26.2 Å². The van der Waals surface area contributed by atoms with Crippen molar-refractivity contribution in [2.75, 3.05) is 23.8 Å². The predicted octanol–water partition coefficient (Wildman–Crippen LogP) is 3.34. The third kappa shape index (κ3) is 3.01. The highest BCUT2D eigenvalue weighted by molar-refractivity contribution is 5.60. The van der Waals surface area contributed by atoms with Crippen LogP contribution in [0.5, 0.6) is 0 Å². The van der Waals surface area contributed by atoms with Crippen LogP contribution in [0.1, 0.15) is 13.3 Å². The van der Waals surface area contributed by atoms with Crippen LogP contribution in [-0.2, 0) is 0 Å². The highest BCUT2D eigenvalue weighted by Gasteiger charge is 2.15. The topological polar surface area (TPSA) is 41.1 Å². The van der Waals surface area contributed by atoms with Gasteiger partial charge in [-0.25, -0.2) is 13.8 Å². The molecular formula is C14H16F2N4. The van der Waals surface area contributed by atoms with Gasteiger partial charge in [-0.15, -0.1) is 0 Å². The van der Waals surface area contributed by atoms with Crippen LogP contribution in [0.2, 0.25) is 0 Å². The van der Waals surface area contributed by atoms with Crippen molar-refractivity contribution in [3.63, 3.8) is 0 Å². The monoisotopic (exact) mass is 278 g/mol. The van der Waals surface area contributed by atoms with E-state index < -0.39 is 11.6 Å². The summed E-state index contributed by atoms with van der Waals surface area (Å²) in [5, 5.41) is 2.97. The zero-order valence-electron chi connectivity index (χ0n) is 11.4. The summed E-state index contributed by atoms with van der Waals surface area (Å²) >= 11 is 0. The Balaban J connectivity index is 2.33. The van der Waals surface area contributed by atoms with Crippen molar-refractivity contribution in [1.82, 2.24) is 9.97 Å². The summed E-state index contributed by atoms with van der Waals surface area (Å²) in [7, 11) is 1.56. The van der Waals surface area contributed by atoms with E-state index in [1.54, 1.807) is 25.2 Å². The maximum Gasteiger partial charge on any atom is 0.224 e. The molecule has 2 rings (SSSR count). The summed E-state index contributed by atoms with van der Waals surface area (Å²) in [5.74, 6) is -0.677. The van der Waals surface area contributed by atoms with Crippen molar-refractivity contribution in [3.8, 4) is 0 Å². The normalized spacial score (nSPS) is 10.4. The second-order valence-electron chi connectivity index (χ2n) is 4.30. The van der Waals surface area contributed by atoms with Gasteiger partial charge in [0.15, 0.2) is 11.6 Å². The average molecular weight is 278 g/mol. The van der Waals surface area contributed by atoms with Gasteiger partial charge in [0, 0.05) is 13.6 Å². The average Bonchev–Trinajstić information content (AvgIpc) is 2.46. The lowest BCUT2D eigenvalue weighted by Gasteiger charge is -2.19. The molecule has 0 amide bonds. The van der Waals surface area contributed by atoms with Gasteiger partial charge in [0.2, 0.25) is 5.95 Å². The Morgan fingerprint density at radius 1 is 1.20 bits per heavy atom. The lowest BCUT2D eigenvalue weighted by molar-refractivity contribution is 0.607. The minimum absolute atomic E-state index is 0.0312. The van der Waals surface area contributed by atoms with Crippen LogP contribution < -0.4 is 10.2 Å². The molecule has 1 aromatic heterocycles. The van der Waals surface area contributed by atoms with Crippen LogP contribution in [-0.4, -0.2) is 23.6 Å². The first kappa shape index (κ1) is 14.2. The first-order chi connectivity index (χ1) is 9.63. The van der Waals surface area contributed by atoms with E-state index in [1.165, 1.54) is 11.0 Å². The van der Waals surface area contributed by atoms with Crippen LogP contribution >= 0.6 is 0 Å². The summed E-state index contributed by atoms with van der Waals surface area (Å²) < 4.78 is 27.6. The fourth-order valence-corrected chi connectivity index (χ4v) is 1.75. The van der Waals surface area contributed by atoms with E-state index in [1.807, 2.05) is 6.92 Å². The number of benzene rings is 1. The van der Waals surface area contributed by atoms with Crippen LogP contribution in [0.15, 0.2) is 30.5 Å². The molecule has 0 spiro atoms. The van der Waals surface area contributed by atoms with Crippen LogP contribution in [0.25, 0.3) is 0 Å². The molecule has 0 atom stereocenters. The highest BCUT2D eigenvalue weighted by Crippen LogP contribution is 2.26. The highest BCUT2D eigenvalue weighted by atomic mass is 19.1. The maximum atomic E-state index is 13.8. The molecule has 1 heterocycles. The van der Waals surface area contributed by atoms with E-state index in [0.29, 0.717) is 12.5 Å². The largest absolute Gasteiger partial charge is 0.354 e. The Morgan fingerprint density at radius 3 is 2.65 bits per heavy atom. The number of halogens is 2. The van der Waals surface area contributed by atoms with Crippen LogP contribution in [0, 0.1) is 11.6 Å². The number of aromatic nitrogens is 2. The Kier molecular flexibility index (Phi) is 4.45. The standard InChI is InChI=1S/C14H16F2N4/c1-3-8-17-14-18-9-11(16)13(19-14)20(2)12-7-5-4-6-10(12)15/h4-7,9H,3,8H2,1-2H3,(H,17,18,19). The molecule has 0 unspecified atom stereocenters. The molecule has 0 bridgehead atoms. The zero-order valence-corrected chi connectivity index (χ0v) is 11.4. The predicted molar refractivity (Wildman–Crippen MR) is 75.2 cm³/mol. The Bertz CT molecular complexity index is 589. The quantitative estimate of drug-likeness (QED) is 0.910. The minimum Gasteiger partial charge on any atom is -0.354 e. The first-order valence-electron chi connectivity index (χ1n) is 6.38. The summed E-state index contributed by atoms with van der Waals surface area (Å²) in [6.45, 7) is 2.69. The summed E-state index contributed by atoms with van der Waals surface area (Å²) in [6, 6.07) is 6.15. The lowest BCUT2D eigenvalue weighted by atomic mass is 10.3. The first-order valence-corrected chi connectivity index (χ1v) is 6.38. The number of hydrogen-bond acceptors (Lipinski definition) is 4. The van der Waals surface area contributed by atoms with E-state index in [0.717, 1.165) is 12.6 Å². The lowest BCUT2D eigenvalue weighted by Crippen LogP contribution is -2.16. The molecule has 6 heteroatoms. The molecule has 0 fully saturated rings. The van der Waals surface area contributed by atoms with Crippen molar-refractivity contribution < 1.29 is 8.78 Å². The molecule has 20 heavy (non-hydrogen) atoms. The number of hydrogen-bond donors (Lipinski definition) is 1. The van der Waals surface area contributed by atoms with Gasteiger partial charge < -0.3 is 10.2 Å². The molecule has 0 aliphatic carbocycles. The molecule has 1 N–H and O–H groups in total. The molecule has 0 radical (unpaired) electrons. The third-order valence-corrected chi connectivity index (χ3v) is 2.79. The smallest absolute Gasteiger partial charge is 0.224 e. The fraction of sp³-hybridized carbons (Fsp3) is 0.286. The van der Waals surface area contributed by atoms with Gasteiger partial charge in [0.25, 0.3) is 0 Å². The van der Waals surface area contributed by atoms with Gasteiger partial charge in [0.05, 0.1) is 11.9 Å². The molecule has 0 saturated heterocycles. The number of rotatable bonds is 5. The van der Waals surface area contributed by atoms with Crippen molar-refractivity contribution >= 4 is 17.5 Å². The van der Waals surface area contributed by atoms with Gasteiger partial charge in [-0.1, -0.05) is 19.1 Å². The fourth-order valence-electron chi connectivity index (χ4n) is 1.75. The second-order valence-corrected chi connectivity index (χ2v) is 4.30. The molecule has 0 aliphatic heterocycles. The van der Waals surface area contributed by atoms with Crippen molar-refractivity contribution in [1.29, 1.82) is 0 Å². The number of anilines is 3. The molecule has 1 aromatic carbocycles. The van der Waals surface area contributed by atoms with E-state index in [-0.39, 0.29) is 11.5 Å². The SMILES string of the molecule is CCCNc1ncc(F)c(N(C)c2ccccc2F)n1. The van der Waals surface area contributed by atoms with Crippen molar-refractivity contribution in [3.05, 3.63) is 42.1 Å². The van der Waals surface area contributed by atoms with E-state index in [4.69, 9.17) is 0 Å². The molecule has 0 saturated carbocycles.